The lowest BCUT2D eigenvalue weighted by molar-refractivity contribution is -0.137. The summed E-state index contributed by atoms with van der Waals surface area (Å²) in [6, 6.07) is 7.49. The van der Waals surface area contributed by atoms with Gasteiger partial charge in [-0.15, -0.1) is 0 Å². The zero-order chi connectivity index (χ0) is 21.4. The number of benzene rings is 2. The summed E-state index contributed by atoms with van der Waals surface area (Å²) in [5.41, 5.74) is -0.264. The Morgan fingerprint density at radius 1 is 1.24 bits per heavy atom. The van der Waals surface area contributed by atoms with Gasteiger partial charge in [0.15, 0.2) is 0 Å². The molecule has 1 N–H and O–H groups in total. The Morgan fingerprint density at radius 3 is 2.62 bits per heavy atom. The summed E-state index contributed by atoms with van der Waals surface area (Å²) in [5, 5.41) is 0.105. The van der Waals surface area contributed by atoms with Gasteiger partial charge < -0.3 is 0 Å². The molecular formula is C18H17ClF4N2O3S. The molecule has 29 heavy (non-hydrogen) atoms. The highest BCUT2D eigenvalue weighted by Crippen LogP contribution is 2.35. The molecule has 158 valence electrons. The second-order valence-corrected chi connectivity index (χ2v) is 8.95. The first kappa shape index (κ1) is 22.0. The van der Waals surface area contributed by atoms with Crippen LogP contribution in [-0.2, 0) is 27.6 Å². The molecule has 0 spiro atoms. The van der Waals surface area contributed by atoms with Gasteiger partial charge in [-0.25, -0.2) is 17.5 Å². The molecule has 2 unspecified atom stereocenters. The zero-order valence-electron chi connectivity index (χ0n) is 15.1. The lowest BCUT2D eigenvalue weighted by atomic mass is 10.0. The maximum atomic E-state index is 13.5. The van der Waals surface area contributed by atoms with E-state index in [4.69, 9.17) is 16.4 Å². The summed E-state index contributed by atoms with van der Waals surface area (Å²) < 4.78 is 79.9. The van der Waals surface area contributed by atoms with Crippen LogP contribution >= 0.6 is 11.6 Å². The SMILES string of the molecule is CN1OCC(S(=O)(=O)NCc2cccc(C(F)(F)F)c2)C1c1ccc(F)c(Cl)c1. The van der Waals surface area contributed by atoms with Crippen molar-refractivity contribution in [1.29, 1.82) is 0 Å². The monoisotopic (exact) mass is 452 g/mol. The van der Waals surface area contributed by atoms with Crippen LogP contribution in [0, 0.1) is 5.82 Å². The van der Waals surface area contributed by atoms with Crippen LogP contribution in [0.15, 0.2) is 42.5 Å². The topological polar surface area (TPSA) is 58.6 Å². The third-order valence-electron chi connectivity index (χ3n) is 4.60. The van der Waals surface area contributed by atoms with Crippen LogP contribution in [0.5, 0.6) is 0 Å². The van der Waals surface area contributed by atoms with Gasteiger partial charge in [0.25, 0.3) is 0 Å². The number of nitrogens with one attached hydrogen (secondary N) is 1. The molecule has 0 bridgehead atoms. The molecule has 11 heteroatoms. The summed E-state index contributed by atoms with van der Waals surface area (Å²) >= 11 is 5.80. The molecule has 5 nitrogen and oxygen atoms in total. The molecule has 1 heterocycles. The summed E-state index contributed by atoms with van der Waals surface area (Å²) in [6.07, 6.45) is -4.52. The molecule has 1 aliphatic rings. The highest BCUT2D eigenvalue weighted by Gasteiger charge is 2.43. The van der Waals surface area contributed by atoms with E-state index in [1.54, 1.807) is 0 Å². The van der Waals surface area contributed by atoms with Crippen LogP contribution in [0.4, 0.5) is 17.6 Å². The van der Waals surface area contributed by atoms with Crippen molar-refractivity contribution in [2.24, 2.45) is 0 Å². The molecular weight excluding hydrogens is 436 g/mol. The van der Waals surface area contributed by atoms with Crippen molar-refractivity contribution in [2.45, 2.75) is 24.0 Å². The summed E-state index contributed by atoms with van der Waals surface area (Å²) in [6.45, 7) is -0.489. The van der Waals surface area contributed by atoms with Crippen LogP contribution in [0.25, 0.3) is 0 Å². The molecule has 1 aliphatic heterocycles. The van der Waals surface area contributed by atoms with E-state index in [-0.39, 0.29) is 23.7 Å². The van der Waals surface area contributed by atoms with Crippen molar-refractivity contribution in [3.05, 3.63) is 70.0 Å². The summed E-state index contributed by atoms with van der Waals surface area (Å²) in [4.78, 5) is 5.33. The molecule has 2 aromatic carbocycles. The van der Waals surface area contributed by atoms with Gasteiger partial charge in [-0.1, -0.05) is 35.9 Å². The fourth-order valence-corrected chi connectivity index (χ4v) is 4.80. The first-order valence-electron chi connectivity index (χ1n) is 8.44. The van der Waals surface area contributed by atoms with Gasteiger partial charge >= 0.3 is 6.18 Å². The largest absolute Gasteiger partial charge is 0.416 e. The first-order chi connectivity index (χ1) is 13.5. The van der Waals surface area contributed by atoms with Gasteiger partial charge in [0.05, 0.1) is 23.2 Å². The highest BCUT2D eigenvalue weighted by atomic mass is 35.5. The average molecular weight is 453 g/mol. The third-order valence-corrected chi connectivity index (χ3v) is 6.63. The van der Waals surface area contributed by atoms with E-state index >= 15 is 0 Å². The van der Waals surface area contributed by atoms with E-state index in [0.717, 1.165) is 18.2 Å². The maximum absolute atomic E-state index is 13.5. The second kappa shape index (κ2) is 8.19. The van der Waals surface area contributed by atoms with Gasteiger partial charge in [0.2, 0.25) is 10.0 Å². The molecule has 1 saturated heterocycles. The minimum atomic E-state index is -4.52. The van der Waals surface area contributed by atoms with Gasteiger partial charge in [-0.05, 0) is 29.3 Å². The van der Waals surface area contributed by atoms with Crippen molar-refractivity contribution >= 4 is 21.6 Å². The first-order valence-corrected chi connectivity index (χ1v) is 10.4. The fraction of sp³-hybridized carbons (Fsp3) is 0.333. The summed E-state index contributed by atoms with van der Waals surface area (Å²) in [7, 11) is -2.46. The van der Waals surface area contributed by atoms with Crippen molar-refractivity contribution in [3.8, 4) is 0 Å². The van der Waals surface area contributed by atoms with Crippen LogP contribution in [-0.4, -0.2) is 32.4 Å². The third kappa shape index (κ3) is 4.89. The maximum Gasteiger partial charge on any atom is 0.416 e. The second-order valence-electron chi connectivity index (χ2n) is 6.56. The number of nitrogens with zero attached hydrogens (tertiary/aromatic N) is 1. The zero-order valence-corrected chi connectivity index (χ0v) is 16.7. The Kier molecular flexibility index (Phi) is 6.21. The van der Waals surface area contributed by atoms with Crippen LogP contribution in [0.1, 0.15) is 22.7 Å². The molecule has 2 aromatic rings. The normalized spacial score (nSPS) is 20.9. The number of hydrogen-bond acceptors (Lipinski definition) is 4. The standard InChI is InChI=1S/C18H17ClF4N2O3S/c1-25-17(12-5-6-15(20)14(19)8-12)16(10-28-25)29(26,27)24-9-11-3-2-4-13(7-11)18(21,22)23/h2-8,16-17,24H,9-10H2,1H3. The minimum Gasteiger partial charge on any atom is -0.297 e. The van der Waals surface area contributed by atoms with Gasteiger partial charge in [0, 0.05) is 13.6 Å². The summed E-state index contributed by atoms with van der Waals surface area (Å²) in [5.74, 6) is -0.640. The van der Waals surface area contributed by atoms with E-state index in [1.807, 2.05) is 0 Å². The van der Waals surface area contributed by atoms with Crippen LogP contribution in [0.2, 0.25) is 5.02 Å². The van der Waals surface area contributed by atoms with Crippen molar-refractivity contribution in [2.75, 3.05) is 13.7 Å². The molecule has 2 atom stereocenters. The molecule has 3 rings (SSSR count). The molecule has 1 fully saturated rings. The number of sulfonamides is 1. The predicted octanol–water partition coefficient (Wildman–Crippen LogP) is 3.90. The fourth-order valence-electron chi connectivity index (χ4n) is 3.13. The number of hydrogen-bond donors (Lipinski definition) is 1. The van der Waals surface area contributed by atoms with E-state index in [9.17, 15) is 26.0 Å². The highest BCUT2D eigenvalue weighted by molar-refractivity contribution is 7.90. The van der Waals surface area contributed by atoms with Crippen molar-refractivity contribution in [3.63, 3.8) is 0 Å². The molecule has 0 saturated carbocycles. The smallest absolute Gasteiger partial charge is 0.297 e. The molecule has 0 aliphatic carbocycles. The van der Waals surface area contributed by atoms with E-state index in [0.29, 0.717) is 5.56 Å². The van der Waals surface area contributed by atoms with Gasteiger partial charge in [-0.2, -0.15) is 18.2 Å². The Labute approximate surface area is 170 Å². The molecule has 0 aromatic heterocycles. The number of alkyl halides is 3. The molecule has 0 amide bonds. The van der Waals surface area contributed by atoms with E-state index in [2.05, 4.69) is 4.72 Å². The van der Waals surface area contributed by atoms with Crippen molar-refractivity contribution < 1.29 is 30.8 Å². The van der Waals surface area contributed by atoms with Crippen molar-refractivity contribution in [1.82, 2.24) is 9.79 Å². The number of halogens is 5. The lowest BCUT2D eigenvalue weighted by Crippen LogP contribution is -2.39. The average Bonchev–Trinajstić information content (AvgIpc) is 3.04. The number of rotatable bonds is 5. The Hall–Kier alpha value is -1.72. The quantitative estimate of drug-likeness (QED) is 0.699. The minimum absolute atomic E-state index is 0.157. The van der Waals surface area contributed by atoms with Crippen LogP contribution in [0.3, 0.4) is 0 Å². The van der Waals surface area contributed by atoms with E-state index < -0.39 is 38.9 Å². The molecule has 0 radical (unpaired) electrons. The van der Waals surface area contributed by atoms with E-state index in [1.165, 1.54) is 36.4 Å². The van der Waals surface area contributed by atoms with Crippen LogP contribution < -0.4 is 4.72 Å². The predicted molar refractivity (Wildman–Crippen MR) is 98.9 cm³/mol. The van der Waals surface area contributed by atoms with Gasteiger partial charge in [-0.3, -0.25) is 4.84 Å². The van der Waals surface area contributed by atoms with Gasteiger partial charge in [0.1, 0.15) is 11.1 Å². The lowest BCUT2D eigenvalue weighted by Gasteiger charge is -2.23. The number of hydroxylamine groups is 2. The Morgan fingerprint density at radius 2 is 1.97 bits per heavy atom. The Bertz CT molecular complexity index is 1000. The Balaban J connectivity index is 1.80.